The number of aliphatic carboxylic acids is 1. The number of aliphatic imine (C=N–C) groups is 1. The van der Waals surface area contributed by atoms with Gasteiger partial charge < -0.3 is 10.0 Å². The number of nitrogens with zero attached hydrogens (tertiary/aromatic N) is 4. The second kappa shape index (κ2) is 12.6. The summed E-state index contributed by atoms with van der Waals surface area (Å²) in [6.07, 6.45) is 6.81. The van der Waals surface area contributed by atoms with Gasteiger partial charge in [-0.1, -0.05) is 5.92 Å². The van der Waals surface area contributed by atoms with Crippen molar-refractivity contribution in [2.75, 3.05) is 6.54 Å². The number of hydrogen-bond donors (Lipinski definition) is 3. The number of aromatic nitrogens is 2. The molecule has 2 aromatic heterocycles. The van der Waals surface area contributed by atoms with Crippen molar-refractivity contribution >= 4 is 30.6 Å². The Kier molecular flexibility index (Phi) is 8.79. The van der Waals surface area contributed by atoms with Gasteiger partial charge in [-0.2, -0.15) is 0 Å². The summed E-state index contributed by atoms with van der Waals surface area (Å²) in [5.74, 6) is 9.66. The van der Waals surface area contributed by atoms with Gasteiger partial charge in [0.25, 0.3) is 11.8 Å². The van der Waals surface area contributed by atoms with Gasteiger partial charge in [-0.3, -0.25) is 20.0 Å². The Labute approximate surface area is 231 Å². The molecule has 40 heavy (non-hydrogen) atoms. The highest BCUT2D eigenvalue weighted by Gasteiger charge is 2.32. The Morgan fingerprint density at radius 2 is 1.95 bits per heavy atom. The number of carbonyl (C=O) groups is 3. The summed E-state index contributed by atoms with van der Waals surface area (Å²) >= 11 is 0. The number of piperidine rings is 1. The normalized spacial score (nSPS) is 14.8. The molecule has 0 radical (unpaired) electrons. The first-order valence-electron chi connectivity index (χ1n) is 12.6. The largest absolute Gasteiger partial charge is 0.480 e. The van der Waals surface area contributed by atoms with E-state index in [4.69, 9.17) is 5.84 Å². The first-order valence-corrected chi connectivity index (χ1v) is 12.6. The topological polar surface area (TPSA) is 151 Å². The lowest BCUT2D eigenvalue weighted by atomic mass is 10.0. The highest BCUT2D eigenvalue weighted by Crippen LogP contribution is 2.23. The van der Waals surface area contributed by atoms with Crippen LogP contribution in [0.4, 0.5) is 0 Å². The van der Waals surface area contributed by atoms with Crippen LogP contribution in [0, 0.1) is 18.8 Å². The van der Waals surface area contributed by atoms with Crippen LogP contribution < -0.4 is 11.3 Å². The molecule has 202 valence electrons. The van der Waals surface area contributed by atoms with Gasteiger partial charge >= 0.3 is 5.97 Å². The third-order valence-electron chi connectivity index (χ3n) is 6.60. The molecule has 1 aliphatic rings. The SMILES string of the molecule is C=N/C=C\c1nc(-c2ccc(C#Cc3ccc(C(=O)N4CCCCC4C(=O)O)cc3)nc2)cc(C(=O)NN)c1C. The van der Waals surface area contributed by atoms with Gasteiger partial charge in [-0.15, -0.1) is 0 Å². The Balaban J connectivity index is 1.52. The summed E-state index contributed by atoms with van der Waals surface area (Å²) in [5.41, 5.74) is 6.55. The zero-order valence-corrected chi connectivity index (χ0v) is 21.9. The highest BCUT2D eigenvalue weighted by atomic mass is 16.4. The summed E-state index contributed by atoms with van der Waals surface area (Å²) in [6, 6.07) is 11.2. The number of nitrogens with one attached hydrogen (secondary N) is 1. The number of pyridine rings is 2. The Hall–Kier alpha value is -5.14. The van der Waals surface area contributed by atoms with E-state index in [1.165, 1.54) is 11.1 Å². The minimum absolute atomic E-state index is 0.292. The van der Waals surface area contributed by atoms with Crippen LogP contribution in [0.5, 0.6) is 0 Å². The molecular weight excluding hydrogens is 508 g/mol. The molecule has 3 aromatic rings. The van der Waals surface area contributed by atoms with E-state index in [0.717, 1.165) is 12.8 Å². The molecule has 1 unspecified atom stereocenters. The van der Waals surface area contributed by atoms with Crippen molar-refractivity contribution in [3.63, 3.8) is 0 Å². The molecule has 0 bridgehead atoms. The predicted octanol–water partition coefficient (Wildman–Crippen LogP) is 3.21. The van der Waals surface area contributed by atoms with E-state index >= 15 is 0 Å². The lowest BCUT2D eigenvalue weighted by Crippen LogP contribution is -2.47. The van der Waals surface area contributed by atoms with Crippen molar-refractivity contribution < 1.29 is 19.5 Å². The fourth-order valence-electron chi connectivity index (χ4n) is 4.42. The fourth-order valence-corrected chi connectivity index (χ4v) is 4.42. The van der Waals surface area contributed by atoms with Crippen LogP contribution in [0.3, 0.4) is 0 Å². The van der Waals surface area contributed by atoms with Crippen molar-refractivity contribution in [3.05, 3.63) is 88.5 Å². The van der Waals surface area contributed by atoms with Crippen LogP contribution in [-0.4, -0.2) is 57.1 Å². The number of hydrazine groups is 1. The van der Waals surface area contributed by atoms with Crippen LogP contribution in [0.25, 0.3) is 17.3 Å². The van der Waals surface area contributed by atoms with Crippen molar-refractivity contribution in [2.45, 2.75) is 32.2 Å². The molecule has 10 nitrogen and oxygen atoms in total. The number of likely N-dealkylation sites (tertiary alicyclic amines) is 1. The molecule has 1 aliphatic heterocycles. The van der Waals surface area contributed by atoms with Gasteiger partial charge in [0.2, 0.25) is 0 Å². The van der Waals surface area contributed by atoms with E-state index in [-0.39, 0.29) is 5.91 Å². The van der Waals surface area contributed by atoms with Gasteiger partial charge in [0, 0.05) is 41.2 Å². The van der Waals surface area contributed by atoms with Crippen molar-refractivity contribution in [1.82, 2.24) is 20.3 Å². The third kappa shape index (κ3) is 6.28. The van der Waals surface area contributed by atoms with E-state index in [0.29, 0.717) is 57.9 Å². The summed E-state index contributed by atoms with van der Waals surface area (Å²) in [4.78, 5) is 50.9. The number of benzene rings is 1. The quantitative estimate of drug-likeness (QED) is 0.144. The molecule has 10 heteroatoms. The lowest BCUT2D eigenvalue weighted by Gasteiger charge is -2.33. The van der Waals surface area contributed by atoms with Gasteiger partial charge in [-0.05, 0) is 92.9 Å². The molecule has 2 amide bonds. The van der Waals surface area contributed by atoms with Crippen LogP contribution in [0.15, 0.2) is 59.9 Å². The molecule has 1 fully saturated rings. The predicted molar refractivity (Wildman–Crippen MR) is 151 cm³/mol. The van der Waals surface area contributed by atoms with Crippen LogP contribution in [-0.2, 0) is 4.79 Å². The highest BCUT2D eigenvalue weighted by molar-refractivity contribution is 5.97. The van der Waals surface area contributed by atoms with Crippen molar-refractivity contribution in [1.29, 1.82) is 0 Å². The lowest BCUT2D eigenvalue weighted by molar-refractivity contribution is -0.143. The maximum absolute atomic E-state index is 12.9. The van der Waals surface area contributed by atoms with Crippen LogP contribution >= 0.6 is 0 Å². The minimum Gasteiger partial charge on any atom is -0.480 e. The fraction of sp³-hybridized carbons (Fsp3) is 0.200. The Bertz CT molecular complexity index is 1540. The molecule has 4 N–H and O–H groups in total. The van der Waals surface area contributed by atoms with E-state index < -0.39 is 17.9 Å². The van der Waals surface area contributed by atoms with Gasteiger partial charge in [0.1, 0.15) is 11.7 Å². The standard InChI is InChI=1S/C30H28N6O4/c1-19-24(28(37)35-31)17-26(34-25(19)14-15-32-2)22-11-13-23(33-18-22)12-8-20-6-9-21(10-7-20)29(38)36-16-4-3-5-27(36)30(39)40/h6-7,9-11,13-15,17-18,27H,2-5,16,31H2,1H3,(H,35,37)(H,39,40)/b15-14-. The maximum atomic E-state index is 12.9. The number of rotatable bonds is 6. The number of nitrogens with two attached hydrogens (primary N) is 1. The van der Waals surface area contributed by atoms with Gasteiger partial charge in [0.15, 0.2) is 0 Å². The van der Waals surface area contributed by atoms with Crippen LogP contribution in [0.2, 0.25) is 0 Å². The molecule has 0 aliphatic carbocycles. The summed E-state index contributed by atoms with van der Waals surface area (Å²) < 4.78 is 0. The number of carboxylic acid groups (broad SMARTS) is 1. The Morgan fingerprint density at radius 1 is 1.18 bits per heavy atom. The summed E-state index contributed by atoms with van der Waals surface area (Å²) in [6.45, 7) is 5.63. The number of nitrogen functional groups attached to an aromatic ring is 1. The second-order valence-corrected chi connectivity index (χ2v) is 9.14. The minimum atomic E-state index is -0.976. The first kappa shape index (κ1) is 27.9. The van der Waals surface area contributed by atoms with Crippen molar-refractivity contribution in [3.8, 4) is 23.1 Å². The van der Waals surface area contributed by atoms with Gasteiger partial charge in [0.05, 0.1) is 11.4 Å². The van der Waals surface area contributed by atoms with E-state index in [2.05, 4.69) is 38.9 Å². The summed E-state index contributed by atoms with van der Waals surface area (Å²) in [5, 5.41) is 9.46. The number of carboxylic acids is 1. The molecule has 3 heterocycles. The number of hydrogen-bond acceptors (Lipinski definition) is 7. The van der Waals surface area contributed by atoms with E-state index in [9.17, 15) is 19.5 Å². The average Bonchev–Trinajstić information content (AvgIpc) is 2.99. The number of carbonyl (C=O) groups excluding carboxylic acids is 2. The Morgan fingerprint density at radius 3 is 2.60 bits per heavy atom. The average molecular weight is 537 g/mol. The summed E-state index contributed by atoms with van der Waals surface area (Å²) in [7, 11) is 0. The van der Waals surface area contributed by atoms with Crippen LogP contribution in [0.1, 0.15) is 62.5 Å². The monoisotopic (exact) mass is 536 g/mol. The third-order valence-corrected chi connectivity index (χ3v) is 6.60. The maximum Gasteiger partial charge on any atom is 0.326 e. The van der Waals surface area contributed by atoms with Gasteiger partial charge in [-0.25, -0.2) is 20.6 Å². The van der Waals surface area contributed by atoms with E-state index in [1.54, 1.807) is 61.7 Å². The first-order chi connectivity index (χ1) is 19.3. The molecular formula is C30H28N6O4. The molecule has 0 spiro atoms. The molecule has 1 aromatic carbocycles. The molecule has 4 rings (SSSR count). The second-order valence-electron chi connectivity index (χ2n) is 9.14. The van der Waals surface area contributed by atoms with E-state index in [1.807, 2.05) is 0 Å². The smallest absolute Gasteiger partial charge is 0.326 e. The molecule has 1 atom stereocenters. The molecule has 1 saturated heterocycles. The zero-order chi connectivity index (χ0) is 28.6. The van der Waals surface area contributed by atoms with Crippen molar-refractivity contribution in [2.24, 2.45) is 10.8 Å². The zero-order valence-electron chi connectivity index (χ0n) is 21.9. The number of amides is 2. The molecule has 0 saturated carbocycles.